The topological polar surface area (TPSA) is 67.6 Å². The van der Waals surface area contributed by atoms with Gasteiger partial charge in [0.05, 0.1) is 19.4 Å². The Kier molecular flexibility index (Phi) is 9.05. The van der Waals surface area contributed by atoms with Crippen LogP contribution in [0.15, 0.2) is 54.9 Å². The minimum atomic E-state index is -0.268. The number of hydrogen-bond acceptors (Lipinski definition) is 4. The Balaban J connectivity index is 1.31. The number of amides is 1. The Morgan fingerprint density at radius 3 is 2.45 bits per heavy atom. The molecule has 2 fully saturated rings. The van der Waals surface area contributed by atoms with Crippen molar-refractivity contribution in [1.29, 1.82) is 0 Å². The molecule has 40 heavy (non-hydrogen) atoms. The normalized spacial score (nSPS) is 23.3. The maximum atomic E-state index is 14.0. The van der Waals surface area contributed by atoms with Crippen molar-refractivity contribution in [2.75, 3.05) is 18.6 Å². The number of aliphatic hydroxyl groups excluding tert-OH is 1. The molecule has 1 N–H and O–H groups in total. The molecule has 2 aliphatic carbocycles. The van der Waals surface area contributed by atoms with E-state index < -0.39 is 0 Å². The standard InChI is InChI=1S/C34H43N3O3/c1-24-19-30(15-18-33(24)40-3)28-11-9-26(10-12-28)23-37(34(39)29-13-16-32(38)17-14-29)31-6-4-5-25(20-31)7-8-27-21-35-36(2)22-27/h4-8,15,18-22,26,28-29,32,38H,9-14,16-17,23H2,1-3H3/t26-,28-,29-,32-. The Morgan fingerprint density at radius 2 is 1.77 bits per heavy atom. The summed E-state index contributed by atoms with van der Waals surface area (Å²) in [6, 6.07) is 14.9. The SMILES string of the molecule is COc1ccc([C@H]2CC[C@H](CN(c3cccc(C=Cc4cnn(C)c4)c3)C(=O)[C@H]3CC[C@H](O)CC3)CC2)cc1C. The summed E-state index contributed by atoms with van der Waals surface area (Å²) >= 11 is 0. The number of ether oxygens (including phenoxy) is 1. The zero-order chi connectivity index (χ0) is 28.1. The van der Waals surface area contributed by atoms with Gasteiger partial charge in [0.1, 0.15) is 5.75 Å². The maximum Gasteiger partial charge on any atom is 0.230 e. The lowest BCUT2D eigenvalue weighted by Gasteiger charge is -2.36. The maximum absolute atomic E-state index is 14.0. The number of carbonyl (C=O) groups excluding carboxylic acids is 1. The first kappa shape index (κ1) is 28.2. The Labute approximate surface area is 238 Å². The highest BCUT2D eigenvalue weighted by molar-refractivity contribution is 5.95. The summed E-state index contributed by atoms with van der Waals surface area (Å²) < 4.78 is 7.25. The Hall–Kier alpha value is -3.38. The van der Waals surface area contributed by atoms with Crippen LogP contribution in [0.2, 0.25) is 0 Å². The van der Waals surface area contributed by atoms with Gasteiger partial charge in [0, 0.05) is 37.0 Å². The summed E-state index contributed by atoms with van der Waals surface area (Å²) in [7, 11) is 3.64. The molecule has 1 amide bonds. The number of aryl methyl sites for hydroxylation is 2. The van der Waals surface area contributed by atoms with E-state index in [0.717, 1.165) is 67.6 Å². The fourth-order valence-electron chi connectivity index (χ4n) is 6.47. The van der Waals surface area contributed by atoms with Crippen molar-refractivity contribution in [3.05, 3.63) is 77.1 Å². The van der Waals surface area contributed by atoms with E-state index in [9.17, 15) is 9.90 Å². The van der Waals surface area contributed by atoms with Gasteiger partial charge < -0.3 is 14.7 Å². The number of hydrogen-bond donors (Lipinski definition) is 1. The first-order valence-electron chi connectivity index (χ1n) is 14.8. The third-order valence-electron chi connectivity index (χ3n) is 8.86. The van der Waals surface area contributed by atoms with Crippen LogP contribution in [0.5, 0.6) is 5.75 Å². The van der Waals surface area contributed by atoms with Crippen LogP contribution in [0, 0.1) is 18.8 Å². The molecule has 0 unspecified atom stereocenters. The van der Waals surface area contributed by atoms with Gasteiger partial charge in [0.25, 0.3) is 0 Å². The van der Waals surface area contributed by atoms with Gasteiger partial charge in [-0.2, -0.15) is 5.10 Å². The monoisotopic (exact) mass is 541 g/mol. The van der Waals surface area contributed by atoms with E-state index >= 15 is 0 Å². The van der Waals surface area contributed by atoms with E-state index in [0.29, 0.717) is 24.7 Å². The van der Waals surface area contributed by atoms with E-state index in [2.05, 4.69) is 65.5 Å². The molecule has 5 rings (SSSR count). The van der Waals surface area contributed by atoms with Gasteiger partial charge in [0.2, 0.25) is 5.91 Å². The molecule has 1 aromatic heterocycles. The molecule has 6 nitrogen and oxygen atoms in total. The molecule has 6 heteroatoms. The summed E-state index contributed by atoms with van der Waals surface area (Å²) in [6.07, 6.45) is 15.2. The van der Waals surface area contributed by atoms with Crippen LogP contribution in [-0.4, -0.2) is 40.6 Å². The van der Waals surface area contributed by atoms with Crippen molar-refractivity contribution >= 4 is 23.7 Å². The number of aromatic nitrogens is 2. The predicted octanol–water partition coefficient (Wildman–Crippen LogP) is 6.77. The quantitative estimate of drug-likeness (QED) is 0.342. The molecule has 0 saturated heterocycles. The third kappa shape index (κ3) is 6.84. The molecule has 3 aromatic rings. The summed E-state index contributed by atoms with van der Waals surface area (Å²) in [4.78, 5) is 16.0. The van der Waals surface area contributed by atoms with Crippen molar-refractivity contribution in [3.63, 3.8) is 0 Å². The predicted molar refractivity (Wildman–Crippen MR) is 161 cm³/mol. The zero-order valence-electron chi connectivity index (χ0n) is 24.1. The van der Waals surface area contributed by atoms with Crippen molar-refractivity contribution in [3.8, 4) is 5.75 Å². The van der Waals surface area contributed by atoms with Gasteiger partial charge >= 0.3 is 0 Å². The Morgan fingerprint density at radius 1 is 1.02 bits per heavy atom. The summed E-state index contributed by atoms with van der Waals surface area (Å²) in [5.74, 6) is 2.18. The summed E-state index contributed by atoms with van der Waals surface area (Å²) in [5.41, 5.74) is 5.67. The average molecular weight is 542 g/mol. The van der Waals surface area contributed by atoms with Crippen LogP contribution in [-0.2, 0) is 11.8 Å². The van der Waals surface area contributed by atoms with Crippen LogP contribution in [0.4, 0.5) is 5.69 Å². The van der Waals surface area contributed by atoms with Crippen molar-refractivity contribution < 1.29 is 14.6 Å². The first-order chi connectivity index (χ1) is 19.4. The van der Waals surface area contributed by atoms with E-state index in [1.54, 1.807) is 11.8 Å². The zero-order valence-corrected chi connectivity index (χ0v) is 24.1. The number of carbonyl (C=O) groups is 1. The minimum absolute atomic E-state index is 0.0170. The molecule has 2 aliphatic rings. The lowest BCUT2D eigenvalue weighted by molar-refractivity contribution is -0.124. The van der Waals surface area contributed by atoms with Crippen molar-refractivity contribution in [2.24, 2.45) is 18.9 Å². The number of benzene rings is 2. The molecule has 0 bridgehead atoms. The van der Waals surface area contributed by atoms with E-state index in [-0.39, 0.29) is 17.9 Å². The van der Waals surface area contributed by atoms with Crippen molar-refractivity contribution in [2.45, 2.75) is 70.3 Å². The molecular formula is C34H43N3O3. The fourth-order valence-corrected chi connectivity index (χ4v) is 6.47. The van der Waals surface area contributed by atoms with E-state index in [1.807, 2.05) is 25.5 Å². The highest BCUT2D eigenvalue weighted by Crippen LogP contribution is 2.38. The van der Waals surface area contributed by atoms with Crippen LogP contribution in [0.1, 0.15) is 79.5 Å². The first-order valence-corrected chi connectivity index (χ1v) is 14.8. The number of rotatable bonds is 8. The van der Waals surface area contributed by atoms with E-state index in [1.165, 1.54) is 11.1 Å². The molecule has 0 atom stereocenters. The molecule has 2 saturated carbocycles. The molecule has 0 aliphatic heterocycles. The van der Waals surface area contributed by atoms with Gasteiger partial charge in [-0.15, -0.1) is 0 Å². The number of aliphatic hydroxyl groups is 1. The summed E-state index contributed by atoms with van der Waals surface area (Å²) in [6.45, 7) is 2.86. The average Bonchev–Trinajstić information content (AvgIpc) is 3.40. The van der Waals surface area contributed by atoms with Crippen LogP contribution < -0.4 is 9.64 Å². The Bertz CT molecular complexity index is 1310. The number of anilines is 1. The number of nitrogens with zero attached hydrogens (tertiary/aromatic N) is 3. The second kappa shape index (κ2) is 12.9. The highest BCUT2D eigenvalue weighted by atomic mass is 16.5. The molecule has 0 spiro atoms. The van der Waals surface area contributed by atoms with Crippen LogP contribution in [0.3, 0.4) is 0 Å². The molecular weight excluding hydrogens is 498 g/mol. The lowest BCUT2D eigenvalue weighted by atomic mass is 9.78. The highest BCUT2D eigenvalue weighted by Gasteiger charge is 2.32. The van der Waals surface area contributed by atoms with Gasteiger partial charge in [-0.1, -0.05) is 36.4 Å². The van der Waals surface area contributed by atoms with Crippen molar-refractivity contribution in [1.82, 2.24) is 9.78 Å². The largest absolute Gasteiger partial charge is 0.496 e. The second-order valence-electron chi connectivity index (χ2n) is 11.8. The minimum Gasteiger partial charge on any atom is -0.496 e. The van der Waals surface area contributed by atoms with Gasteiger partial charge in [-0.3, -0.25) is 9.48 Å². The number of methoxy groups -OCH3 is 1. The summed E-state index contributed by atoms with van der Waals surface area (Å²) in [5, 5.41) is 14.3. The van der Waals surface area contributed by atoms with Gasteiger partial charge in [-0.25, -0.2) is 0 Å². The smallest absolute Gasteiger partial charge is 0.230 e. The van der Waals surface area contributed by atoms with Gasteiger partial charge in [0.15, 0.2) is 0 Å². The third-order valence-corrected chi connectivity index (χ3v) is 8.86. The molecule has 0 radical (unpaired) electrons. The van der Waals surface area contributed by atoms with Crippen LogP contribution in [0.25, 0.3) is 12.2 Å². The molecule has 1 heterocycles. The fraction of sp³-hybridized carbons (Fsp3) is 0.471. The lowest BCUT2D eigenvalue weighted by Crippen LogP contribution is -2.41. The molecule has 212 valence electrons. The van der Waals surface area contributed by atoms with Gasteiger partial charge in [-0.05, 0) is 105 Å². The van der Waals surface area contributed by atoms with E-state index in [4.69, 9.17) is 4.74 Å². The second-order valence-corrected chi connectivity index (χ2v) is 11.8. The van der Waals surface area contributed by atoms with Crippen LogP contribution >= 0.6 is 0 Å². The molecule has 2 aromatic carbocycles.